The molecule has 1 aromatic heterocycles. The number of piperazine rings is 1. The molecular weight excluding hydrogens is 240 g/mol. The van der Waals surface area contributed by atoms with E-state index in [1.807, 2.05) is 0 Å². The van der Waals surface area contributed by atoms with Gasteiger partial charge in [0.05, 0.1) is 6.04 Å². The van der Waals surface area contributed by atoms with Crippen molar-refractivity contribution >= 4 is 11.9 Å². The topological polar surface area (TPSA) is 58.0 Å². The van der Waals surface area contributed by atoms with Gasteiger partial charge in [0.1, 0.15) is 0 Å². The minimum Gasteiger partial charge on any atom is -0.354 e. The van der Waals surface area contributed by atoms with Crippen LogP contribution in [-0.2, 0) is 0 Å². The largest absolute Gasteiger partial charge is 0.354 e. The van der Waals surface area contributed by atoms with Crippen LogP contribution in [0.15, 0.2) is 0 Å². The fraction of sp³-hybridized carbons (Fsp3) is 0.846. The highest BCUT2D eigenvalue weighted by molar-refractivity contribution is 5.40. The molecule has 3 heterocycles. The fourth-order valence-corrected chi connectivity index (χ4v) is 3.63. The lowest BCUT2D eigenvalue weighted by Crippen LogP contribution is -2.44. The first-order valence-electron chi connectivity index (χ1n) is 7.58. The Morgan fingerprint density at radius 3 is 2.84 bits per heavy atom. The number of nitrogens with one attached hydrogen (secondary N) is 2. The van der Waals surface area contributed by atoms with Gasteiger partial charge in [0.25, 0.3) is 0 Å². The molecule has 104 valence electrons. The van der Waals surface area contributed by atoms with Crippen molar-refractivity contribution in [1.82, 2.24) is 20.1 Å². The van der Waals surface area contributed by atoms with Gasteiger partial charge >= 0.3 is 0 Å². The second kappa shape index (κ2) is 4.67. The predicted molar refractivity (Wildman–Crippen MR) is 74.6 cm³/mol. The standard InChI is InChI=1S/C13H22N6/c1-2-4-11-10(3-1)9-15-12-16-13(17-19(11)12)18-7-5-14-6-8-18/h10-11,14H,1-9H2,(H,15,16,17). The molecule has 4 rings (SSSR count). The second-order valence-electron chi connectivity index (χ2n) is 5.91. The number of anilines is 2. The van der Waals surface area contributed by atoms with E-state index in [1.54, 1.807) is 0 Å². The Kier molecular flexibility index (Phi) is 2.83. The maximum absolute atomic E-state index is 4.80. The van der Waals surface area contributed by atoms with Gasteiger partial charge in [-0.15, -0.1) is 5.10 Å². The smallest absolute Gasteiger partial charge is 0.246 e. The van der Waals surface area contributed by atoms with Gasteiger partial charge < -0.3 is 15.5 Å². The average molecular weight is 262 g/mol. The maximum Gasteiger partial charge on any atom is 0.246 e. The van der Waals surface area contributed by atoms with Crippen molar-refractivity contribution in [3.8, 4) is 0 Å². The highest BCUT2D eigenvalue weighted by Crippen LogP contribution is 2.38. The molecule has 1 saturated carbocycles. The molecule has 0 aromatic carbocycles. The van der Waals surface area contributed by atoms with Crippen molar-refractivity contribution in [3.63, 3.8) is 0 Å². The monoisotopic (exact) mass is 262 g/mol. The van der Waals surface area contributed by atoms with Crippen LogP contribution < -0.4 is 15.5 Å². The third kappa shape index (κ3) is 1.98. The van der Waals surface area contributed by atoms with Crippen molar-refractivity contribution in [2.24, 2.45) is 5.92 Å². The van der Waals surface area contributed by atoms with E-state index in [9.17, 15) is 0 Å². The quantitative estimate of drug-likeness (QED) is 0.785. The number of hydrogen-bond acceptors (Lipinski definition) is 5. The molecule has 6 heteroatoms. The summed E-state index contributed by atoms with van der Waals surface area (Å²) >= 11 is 0. The van der Waals surface area contributed by atoms with Crippen molar-refractivity contribution in [2.45, 2.75) is 31.7 Å². The summed E-state index contributed by atoms with van der Waals surface area (Å²) in [4.78, 5) is 7.00. The zero-order valence-corrected chi connectivity index (χ0v) is 11.3. The van der Waals surface area contributed by atoms with E-state index in [4.69, 9.17) is 10.1 Å². The van der Waals surface area contributed by atoms with Gasteiger partial charge in [0, 0.05) is 32.7 Å². The predicted octanol–water partition coefficient (Wildman–Crippen LogP) is 0.844. The van der Waals surface area contributed by atoms with Crippen molar-refractivity contribution < 1.29 is 0 Å². The van der Waals surface area contributed by atoms with Gasteiger partial charge in [0.2, 0.25) is 11.9 Å². The van der Waals surface area contributed by atoms with Gasteiger partial charge in [-0.1, -0.05) is 12.8 Å². The first kappa shape index (κ1) is 11.5. The van der Waals surface area contributed by atoms with E-state index in [-0.39, 0.29) is 0 Å². The molecule has 1 saturated heterocycles. The Morgan fingerprint density at radius 1 is 1.11 bits per heavy atom. The second-order valence-corrected chi connectivity index (χ2v) is 5.91. The number of fused-ring (bicyclic) bond motifs is 3. The number of aromatic nitrogens is 3. The van der Waals surface area contributed by atoms with E-state index in [2.05, 4.69) is 20.2 Å². The summed E-state index contributed by atoms with van der Waals surface area (Å²) < 4.78 is 2.17. The molecule has 0 bridgehead atoms. The van der Waals surface area contributed by atoms with E-state index < -0.39 is 0 Å². The number of hydrogen-bond donors (Lipinski definition) is 2. The summed E-state index contributed by atoms with van der Waals surface area (Å²) in [7, 11) is 0. The Labute approximate surface area is 113 Å². The normalized spacial score (nSPS) is 30.4. The van der Waals surface area contributed by atoms with Crippen molar-refractivity contribution in [3.05, 3.63) is 0 Å². The first-order valence-corrected chi connectivity index (χ1v) is 7.58. The molecule has 19 heavy (non-hydrogen) atoms. The lowest BCUT2D eigenvalue weighted by atomic mass is 9.84. The minimum atomic E-state index is 0.578. The van der Waals surface area contributed by atoms with Crippen molar-refractivity contribution in [2.75, 3.05) is 42.9 Å². The van der Waals surface area contributed by atoms with Gasteiger partial charge in [-0.3, -0.25) is 0 Å². The summed E-state index contributed by atoms with van der Waals surface area (Å²) in [6, 6.07) is 0.578. The van der Waals surface area contributed by atoms with Gasteiger partial charge in [0.15, 0.2) is 0 Å². The summed E-state index contributed by atoms with van der Waals surface area (Å²) in [5.74, 6) is 2.64. The SMILES string of the molecule is C1CCC2C(C1)CNc1nc(N3CCNCC3)nn12. The lowest BCUT2D eigenvalue weighted by molar-refractivity contribution is 0.222. The molecule has 2 fully saturated rings. The van der Waals surface area contributed by atoms with Gasteiger partial charge in [-0.05, 0) is 18.8 Å². The number of rotatable bonds is 1. The van der Waals surface area contributed by atoms with Crippen LogP contribution >= 0.6 is 0 Å². The summed E-state index contributed by atoms with van der Waals surface area (Å²) in [6.45, 7) is 5.16. The van der Waals surface area contributed by atoms with Crippen LogP contribution in [0, 0.1) is 5.92 Å². The Bertz CT molecular complexity index is 450. The van der Waals surface area contributed by atoms with Crippen LogP contribution in [0.25, 0.3) is 0 Å². The molecule has 0 radical (unpaired) electrons. The van der Waals surface area contributed by atoms with Crippen LogP contribution in [0.5, 0.6) is 0 Å². The number of nitrogens with zero attached hydrogens (tertiary/aromatic N) is 4. The molecule has 6 nitrogen and oxygen atoms in total. The summed E-state index contributed by atoms with van der Waals surface area (Å²) in [5, 5.41) is 11.6. The Hall–Kier alpha value is -1.30. The van der Waals surface area contributed by atoms with E-state index in [0.717, 1.165) is 50.5 Å². The zero-order valence-electron chi connectivity index (χ0n) is 11.3. The van der Waals surface area contributed by atoms with Gasteiger partial charge in [-0.2, -0.15) is 4.98 Å². The molecule has 0 spiro atoms. The van der Waals surface area contributed by atoms with Crippen LogP contribution in [0.4, 0.5) is 11.9 Å². The van der Waals surface area contributed by atoms with Gasteiger partial charge in [-0.25, -0.2) is 4.68 Å². The highest BCUT2D eigenvalue weighted by atomic mass is 15.5. The molecule has 2 unspecified atom stereocenters. The van der Waals surface area contributed by atoms with Crippen molar-refractivity contribution in [1.29, 1.82) is 0 Å². The zero-order chi connectivity index (χ0) is 12.7. The molecular formula is C13H22N6. The molecule has 1 aliphatic carbocycles. The minimum absolute atomic E-state index is 0.578. The molecule has 2 aliphatic heterocycles. The molecule has 3 aliphatic rings. The van der Waals surface area contributed by atoms with Crippen LogP contribution in [0.2, 0.25) is 0 Å². The molecule has 2 N–H and O–H groups in total. The summed E-state index contributed by atoms with van der Waals surface area (Å²) in [6.07, 6.45) is 5.31. The molecule has 1 aromatic rings. The third-order valence-corrected chi connectivity index (χ3v) is 4.73. The summed E-state index contributed by atoms with van der Waals surface area (Å²) in [5.41, 5.74) is 0. The van der Waals surface area contributed by atoms with Crippen LogP contribution in [-0.4, -0.2) is 47.5 Å². The average Bonchev–Trinajstić information content (AvgIpc) is 2.93. The lowest BCUT2D eigenvalue weighted by Gasteiger charge is -2.35. The first-order chi connectivity index (χ1) is 9.42. The third-order valence-electron chi connectivity index (χ3n) is 4.73. The van der Waals surface area contributed by atoms with Crippen LogP contribution in [0.1, 0.15) is 31.7 Å². The van der Waals surface area contributed by atoms with E-state index in [0.29, 0.717) is 6.04 Å². The fourth-order valence-electron chi connectivity index (χ4n) is 3.63. The Morgan fingerprint density at radius 2 is 1.95 bits per heavy atom. The van der Waals surface area contributed by atoms with Crippen LogP contribution in [0.3, 0.4) is 0 Å². The van der Waals surface area contributed by atoms with E-state index >= 15 is 0 Å². The molecule has 2 atom stereocenters. The highest BCUT2D eigenvalue weighted by Gasteiger charge is 2.34. The maximum atomic E-state index is 4.80. The molecule has 0 amide bonds. The van der Waals surface area contributed by atoms with E-state index in [1.165, 1.54) is 25.7 Å². The Balaban J connectivity index is 1.61.